The van der Waals surface area contributed by atoms with Gasteiger partial charge in [-0.05, 0) is 84.4 Å². The molecule has 0 saturated heterocycles. The third kappa shape index (κ3) is 3.53. The highest BCUT2D eigenvalue weighted by molar-refractivity contribution is 14.1. The van der Waals surface area contributed by atoms with Gasteiger partial charge in [-0.1, -0.05) is 5.92 Å². The number of hydrogen-bond acceptors (Lipinski definition) is 4. The minimum absolute atomic E-state index is 0.125. The van der Waals surface area contributed by atoms with Crippen LogP contribution < -0.4 is 14.4 Å². The minimum atomic E-state index is -0.659. The quantitative estimate of drug-likeness (QED) is 0.469. The van der Waals surface area contributed by atoms with Crippen LogP contribution in [0.15, 0.2) is 18.2 Å². The zero-order valence-corrected chi connectivity index (χ0v) is 17.7. The zero-order valence-electron chi connectivity index (χ0n) is 15.5. The van der Waals surface area contributed by atoms with E-state index < -0.39 is 11.7 Å². The van der Waals surface area contributed by atoms with Crippen molar-refractivity contribution in [3.63, 3.8) is 0 Å². The van der Waals surface area contributed by atoms with Crippen molar-refractivity contribution in [3.05, 3.63) is 38.7 Å². The molecule has 0 N–H and O–H groups in total. The lowest BCUT2D eigenvalue weighted by Gasteiger charge is -2.26. The molecule has 4 rings (SSSR count). The Morgan fingerprint density at radius 3 is 2.75 bits per heavy atom. The lowest BCUT2D eigenvalue weighted by Crippen LogP contribution is -2.28. The van der Waals surface area contributed by atoms with Gasteiger partial charge in [0.25, 0.3) is 5.88 Å². The SMILES string of the molecule is CC#CC(=O)N(c1cc(C)c(I)cc1C1CC1)c1nc2c(cc1F)OCCO2. The van der Waals surface area contributed by atoms with Crippen molar-refractivity contribution < 1.29 is 18.7 Å². The van der Waals surface area contributed by atoms with Gasteiger partial charge < -0.3 is 9.47 Å². The van der Waals surface area contributed by atoms with E-state index in [0.29, 0.717) is 24.8 Å². The van der Waals surface area contributed by atoms with E-state index in [-0.39, 0.29) is 17.4 Å². The molecule has 28 heavy (non-hydrogen) atoms. The van der Waals surface area contributed by atoms with E-state index in [2.05, 4.69) is 45.5 Å². The van der Waals surface area contributed by atoms with Gasteiger partial charge in [-0.25, -0.2) is 4.39 Å². The number of carbonyl (C=O) groups excluding carboxylic acids is 1. The van der Waals surface area contributed by atoms with Crippen LogP contribution in [0.25, 0.3) is 0 Å². The van der Waals surface area contributed by atoms with Gasteiger partial charge in [0.05, 0.1) is 5.69 Å². The molecule has 1 fully saturated rings. The monoisotopic (exact) mass is 492 g/mol. The first kappa shape index (κ1) is 19.0. The fraction of sp³-hybridized carbons (Fsp3) is 0.333. The number of anilines is 2. The van der Waals surface area contributed by atoms with Crippen LogP contribution >= 0.6 is 22.6 Å². The Hall–Kier alpha value is -2.34. The van der Waals surface area contributed by atoms with Gasteiger partial charge >= 0.3 is 5.91 Å². The Labute approximate surface area is 176 Å². The smallest absolute Gasteiger partial charge is 0.308 e. The average Bonchev–Trinajstić information content (AvgIpc) is 3.50. The van der Waals surface area contributed by atoms with Crippen LogP contribution in [0.1, 0.15) is 36.8 Å². The lowest BCUT2D eigenvalue weighted by atomic mass is 10.0. The van der Waals surface area contributed by atoms with E-state index in [9.17, 15) is 4.79 Å². The lowest BCUT2D eigenvalue weighted by molar-refractivity contribution is -0.112. The molecule has 2 aromatic rings. The van der Waals surface area contributed by atoms with Crippen molar-refractivity contribution in [2.45, 2.75) is 32.6 Å². The summed E-state index contributed by atoms with van der Waals surface area (Å²) in [6, 6.07) is 5.19. The summed E-state index contributed by atoms with van der Waals surface area (Å²) in [6.45, 7) is 4.19. The number of nitrogens with zero attached hydrogens (tertiary/aromatic N) is 2. The van der Waals surface area contributed by atoms with Gasteiger partial charge in [0.15, 0.2) is 17.4 Å². The molecular weight excluding hydrogens is 474 g/mol. The van der Waals surface area contributed by atoms with Gasteiger partial charge in [-0.3, -0.25) is 9.69 Å². The predicted octanol–water partition coefficient (Wildman–Crippen LogP) is 4.47. The normalized spacial score (nSPS) is 14.9. The second kappa shape index (κ2) is 7.59. The number of carbonyl (C=O) groups is 1. The molecule has 0 spiro atoms. The van der Waals surface area contributed by atoms with Crippen LogP contribution in [-0.2, 0) is 4.79 Å². The summed E-state index contributed by atoms with van der Waals surface area (Å²) >= 11 is 2.28. The van der Waals surface area contributed by atoms with Gasteiger partial charge in [-0.2, -0.15) is 4.98 Å². The maximum atomic E-state index is 15.0. The van der Waals surface area contributed by atoms with Gasteiger partial charge in [0, 0.05) is 9.64 Å². The largest absolute Gasteiger partial charge is 0.484 e. The fourth-order valence-corrected chi connectivity index (χ4v) is 3.67. The van der Waals surface area contributed by atoms with Gasteiger partial charge in [0.2, 0.25) is 0 Å². The number of rotatable bonds is 3. The third-order valence-corrected chi connectivity index (χ3v) is 5.84. The van der Waals surface area contributed by atoms with Crippen molar-refractivity contribution in [1.29, 1.82) is 0 Å². The summed E-state index contributed by atoms with van der Waals surface area (Å²) in [4.78, 5) is 18.5. The summed E-state index contributed by atoms with van der Waals surface area (Å²) < 4.78 is 27.0. The molecule has 0 bridgehead atoms. The number of benzene rings is 1. The number of aryl methyl sites for hydroxylation is 1. The van der Waals surface area contributed by atoms with Crippen LogP contribution in [0.4, 0.5) is 15.9 Å². The molecule has 1 aliphatic heterocycles. The fourth-order valence-electron chi connectivity index (χ4n) is 3.18. The maximum absolute atomic E-state index is 15.0. The second-order valence-electron chi connectivity index (χ2n) is 6.74. The van der Waals surface area contributed by atoms with Crippen molar-refractivity contribution in [2.24, 2.45) is 0 Å². The van der Waals surface area contributed by atoms with Crippen LogP contribution in [0, 0.1) is 28.2 Å². The first-order valence-electron chi connectivity index (χ1n) is 9.02. The van der Waals surface area contributed by atoms with E-state index >= 15 is 4.39 Å². The first-order chi connectivity index (χ1) is 13.5. The Balaban J connectivity index is 1.92. The number of amides is 1. The highest BCUT2D eigenvalue weighted by Crippen LogP contribution is 2.47. The molecule has 1 aromatic carbocycles. The van der Waals surface area contributed by atoms with E-state index in [0.717, 1.165) is 27.5 Å². The Morgan fingerprint density at radius 2 is 2.04 bits per heavy atom. The molecule has 0 radical (unpaired) electrons. The Kier molecular flexibility index (Phi) is 5.15. The molecule has 0 atom stereocenters. The second-order valence-corrected chi connectivity index (χ2v) is 7.91. The molecule has 5 nitrogen and oxygen atoms in total. The van der Waals surface area contributed by atoms with Crippen molar-refractivity contribution in [2.75, 3.05) is 18.1 Å². The molecule has 0 unspecified atom stereocenters. The molecule has 2 heterocycles. The van der Waals surface area contributed by atoms with E-state index in [1.807, 2.05) is 13.0 Å². The minimum Gasteiger partial charge on any atom is -0.484 e. The number of hydrogen-bond donors (Lipinski definition) is 0. The number of halogens is 2. The van der Waals surface area contributed by atoms with Crippen molar-refractivity contribution in [3.8, 4) is 23.5 Å². The van der Waals surface area contributed by atoms with Crippen LogP contribution in [0.5, 0.6) is 11.6 Å². The number of aromatic nitrogens is 1. The van der Waals surface area contributed by atoms with E-state index in [4.69, 9.17) is 9.47 Å². The number of pyridine rings is 1. The summed E-state index contributed by atoms with van der Waals surface area (Å²) in [5.41, 5.74) is 2.63. The van der Waals surface area contributed by atoms with Crippen LogP contribution in [0.3, 0.4) is 0 Å². The molecule has 144 valence electrons. The van der Waals surface area contributed by atoms with Crippen molar-refractivity contribution >= 4 is 40.0 Å². The standard InChI is InChI=1S/C21H18FIN2O3/c1-3-4-19(26)25(17-9-12(2)16(23)10-14(17)13-5-6-13)20-15(22)11-18-21(24-20)28-8-7-27-18/h9-11,13H,5-8H2,1-2H3. The van der Waals surface area contributed by atoms with Crippen molar-refractivity contribution in [1.82, 2.24) is 4.98 Å². The summed E-state index contributed by atoms with van der Waals surface area (Å²) in [7, 11) is 0. The van der Waals surface area contributed by atoms with E-state index in [1.54, 1.807) is 6.92 Å². The average molecular weight is 492 g/mol. The van der Waals surface area contributed by atoms with Gasteiger partial charge in [-0.15, -0.1) is 0 Å². The maximum Gasteiger partial charge on any atom is 0.308 e. The molecule has 1 amide bonds. The number of fused-ring (bicyclic) bond motifs is 1. The molecule has 1 aliphatic carbocycles. The van der Waals surface area contributed by atoms with Crippen LogP contribution in [-0.4, -0.2) is 24.1 Å². The Morgan fingerprint density at radius 1 is 1.29 bits per heavy atom. The zero-order chi connectivity index (χ0) is 19.8. The van der Waals surface area contributed by atoms with Gasteiger partial charge in [0.1, 0.15) is 13.2 Å². The van der Waals surface area contributed by atoms with E-state index in [1.165, 1.54) is 11.0 Å². The molecule has 1 aromatic heterocycles. The molecule has 1 saturated carbocycles. The predicted molar refractivity (Wildman–Crippen MR) is 112 cm³/mol. The molecule has 2 aliphatic rings. The summed E-state index contributed by atoms with van der Waals surface area (Å²) in [6.07, 6.45) is 2.09. The molecular formula is C21H18FIN2O3. The summed E-state index contributed by atoms with van der Waals surface area (Å²) in [5.74, 6) is 4.59. The van der Waals surface area contributed by atoms with Crippen LogP contribution in [0.2, 0.25) is 0 Å². The highest BCUT2D eigenvalue weighted by atomic mass is 127. The Bertz CT molecular complexity index is 1020. The topological polar surface area (TPSA) is 51.7 Å². The number of ether oxygens (including phenoxy) is 2. The summed E-state index contributed by atoms with van der Waals surface area (Å²) in [5, 5.41) is 0. The molecule has 7 heteroatoms. The first-order valence-corrected chi connectivity index (χ1v) is 10.1. The third-order valence-electron chi connectivity index (χ3n) is 4.68. The highest BCUT2D eigenvalue weighted by Gasteiger charge is 2.33.